The number of rotatable bonds is 9. The molecule has 0 spiro atoms. The van der Waals surface area contributed by atoms with Crippen LogP contribution in [-0.2, 0) is 4.79 Å². The van der Waals surface area contributed by atoms with Crippen molar-refractivity contribution in [2.24, 2.45) is 5.92 Å². The summed E-state index contributed by atoms with van der Waals surface area (Å²) in [5, 5.41) is 32.0. The first kappa shape index (κ1) is 19.8. The molecule has 3 atom stereocenters. The zero-order valence-electron chi connectivity index (χ0n) is 15.6. The number of aromatic nitrogens is 5. The van der Waals surface area contributed by atoms with Crippen molar-refractivity contribution in [3.63, 3.8) is 0 Å². The zero-order valence-corrected chi connectivity index (χ0v) is 16.4. The maximum Gasteiger partial charge on any atom is 0.306 e. The molecule has 0 amide bonds. The fraction of sp³-hybridized carbons (Fsp3) is 0.706. The van der Waals surface area contributed by atoms with Crippen molar-refractivity contribution in [3.8, 4) is 0 Å². The van der Waals surface area contributed by atoms with Crippen LogP contribution in [0.4, 0.5) is 5.82 Å². The molecule has 2 heterocycles. The number of thioether (sulfide) groups is 1. The first-order valence-corrected chi connectivity index (χ1v) is 10.4. The molecule has 2 unspecified atom stereocenters. The van der Waals surface area contributed by atoms with Crippen molar-refractivity contribution in [2.45, 2.75) is 63.3 Å². The highest BCUT2D eigenvalue weighted by Crippen LogP contribution is 2.36. The van der Waals surface area contributed by atoms with Gasteiger partial charge in [-0.1, -0.05) is 37.2 Å². The van der Waals surface area contributed by atoms with Crippen molar-refractivity contribution in [3.05, 3.63) is 0 Å². The van der Waals surface area contributed by atoms with Gasteiger partial charge < -0.3 is 15.5 Å². The molecular weight excluding hydrogens is 368 g/mol. The number of aliphatic carboxylic acids is 1. The van der Waals surface area contributed by atoms with Crippen LogP contribution in [0.5, 0.6) is 0 Å². The van der Waals surface area contributed by atoms with E-state index in [2.05, 4.69) is 39.4 Å². The Bertz CT molecular complexity index is 798. The third-order valence-corrected chi connectivity index (χ3v) is 5.77. The van der Waals surface area contributed by atoms with Gasteiger partial charge in [0.15, 0.2) is 22.1 Å². The van der Waals surface area contributed by atoms with E-state index in [1.54, 1.807) is 16.4 Å². The fourth-order valence-corrected chi connectivity index (χ4v) is 3.95. The molecule has 0 aromatic carbocycles. The number of hydrogen-bond acceptors (Lipinski definition) is 8. The van der Waals surface area contributed by atoms with Crippen LogP contribution in [0.3, 0.4) is 0 Å². The number of carbonyl (C=O) groups is 1. The third kappa shape index (κ3) is 4.32. The maximum atomic E-state index is 11.3. The van der Waals surface area contributed by atoms with E-state index < -0.39 is 24.0 Å². The summed E-state index contributed by atoms with van der Waals surface area (Å²) in [6.07, 6.45) is 2.83. The summed E-state index contributed by atoms with van der Waals surface area (Å²) >= 11 is 1.56. The molecule has 0 radical (unpaired) electrons. The quantitative estimate of drug-likeness (QED) is 0.334. The molecule has 2 aromatic heterocycles. The van der Waals surface area contributed by atoms with Gasteiger partial charge in [0, 0.05) is 12.3 Å². The Morgan fingerprint density at radius 3 is 2.78 bits per heavy atom. The van der Waals surface area contributed by atoms with Crippen LogP contribution in [0.2, 0.25) is 0 Å². The normalized spacial score (nSPS) is 22.4. The van der Waals surface area contributed by atoms with Crippen LogP contribution < -0.4 is 5.32 Å². The van der Waals surface area contributed by atoms with Gasteiger partial charge in [0.25, 0.3) is 0 Å². The molecule has 10 heteroatoms. The van der Waals surface area contributed by atoms with Crippen LogP contribution >= 0.6 is 11.8 Å². The lowest BCUT2D eigenvalue weighted by molar-refractivity contribution is -0.141. The second-order valence-electron chi connectivity index (χ2n) is 6.83. The molecule has 0 saturated heterocycles. The van der Waals surface area contributed by atoms with Crippen molar-refractivity contribution in [2.75, 3.05) is 17.6 Å². The van der Waals surface area contributed by atoms with Crippen molar-refractivity contribution in [1.82, 2.24) is 25.0 Å². The predicted molar refractivity (Wildman–Crippen MR) is 103 cm³/mol. The van der Waals surface area contributed by atoms with E-state index in [4.69, 9.17) is 0 Å². The Morgan fingerprint density at radius 2 is 2.11 bits per heavy atom. The van der Waals surface area contributed by atoms with Gasteiger partial charge in [0.1, 0.15) is 0 Å². The SMILES string of the molecule is CCCCNc1nc(SCCC)nc2c1nnn2C1C[C@H](C(=O)O)CC1O. The molecule has 9 nitrogen and oxygen atoms in total. The molecule has 3 N–H and O–H groups in total. The van der Waals surface area contributed by atoms with Crippen molar-refractivity contribution >= 4 is 34.7 Å². The smallest absolute Gasteiger partial charge is 0.306 e. The molecule has 1 aliphatic carbocycles. The number of unbranched alkanes of at least 4 members (excludes halogenated alkanes) is 1. The molecule has 0 bridgehead atoms. The minimum atomic E-state index is -0.892. The molecule has 1 fully saturated rings. The van der Waals surface area contributed by atoms with Gasteiger partial charge >= 0.3 is 5.97 Å². The molecule has 1 saturated carbocycles. The second-order valence-corrected chi connectivity index (χ2v) is 7.89. The van der Waals surface area contributed by atoms with Gasteiger partial charge in [-0.05, 0) is 25.7 Å². The van der Waals surface area contributed by atoms with Crippen LogP contribution in [-0.4, -0.2) is 59.5 Å². The van der Waals surface area contributed by atoms with Crippen LogP contribution in [0.25, 0.3) is 11.2 Å². The van der Waals surface area contributed by atoms with E-state index >= 15 is 0 Å². The van der Waals surface area contributed by atoms with Gasteiger partial charge in [-0.15, -0.1) is 5.10 Å². The van der Waals surface area contributed by atoms with Gasteiger partial charge in [-0.2, -0.15) is 0 Å². The van der Waals surface area contributed by atoms with Crippen molar-refractivity contribution < 1.29 is 15.0 Å². The largest absolute Gasteiger partial charge is 0.481 e. The van der Waals surface area contributed by atoms with Crippen LogP contribution in [0.15, 0.2) is 5.16 Å². The second kappa shape index (κ2) is 8.83. The van der Waals surface area contributed by atoms with Gasteiger partial charge in [0.2, 0.25) is 0 Å². The number of nitrogens with one attached hydrogen (secondary N) is 1. The maximum absolute atomic E-state index is 11.3. The van der Waals surface area contributed by atoms with E-state index in [1.807, 2.05) is 0 Å². The number of hydrogen-bond donors (Lipinski definition) is 3. The average molecular weight is 395 g/mol. The van der Waals surface area contributed by atoms with Crippen LogP contribution in [0, 0.1) is 5.92 Å². The molecular formula is C17H26N6O3S. The lowest BCUT2D eigenvalue weighted by Gasteiger charge is -2.15. The predicted octanol–water partition coefficient (Wildman–Crippen LogP) is 2.33. The number of carboxylic acids is 1. The van der Waals surface area contributed by atoms with E-state index in [-0.39, 0.29) is 6.42 Å². The Balaban J connectivity index is 1.96. The molecule has 0 aliphatic heterocycles. The van der Waals surface area contributed by atoms with Crippen molar-refractivity contribution in [1.29, 1.82) is 0 Å². The van der Waals surface area contributed by atoms with Crippen LogP contribution in [0.1, 0.15) is 52.0 Å². The summed E-state index contributed by atoms with van der Waals surface area (Å²) in [7, 11) is 0. The minimum Gasteiger partial charge on any atom is -0.481 e. The highest BCUT2D eigenvalue weighted by Gasteiger charge is 2.39. The Kier molecular flexibility index (Phi) is 6.48. The molecule has 148 valence electrons. The van der Waals surface area contributed by atoms with Gasteiger partial charge in [0.05, 0.1) is 18.1 Å². The van der Waals surface area contributed by atoms with E-state index in [0.717, 1.165) is 31.6 Å². The number of anilines is 1. The Hall–Kier alpha value is -1.94. The van der Waals surface area contributed by atoms with E-state index in [0.29, 0.717) is 28.6 Å². The lowest BCUT2D eigenvalue weighted by atomic mass is 10.1. The third-order valence-electron chi connectivity index (χ3n) is 4.72. The monoisotopic (exact) mass is 394 g/mol. The molecule has 2 aromatic rings. The highest BCUT2D eigenvalue weighted by atomic mass is 32.2. The fourth-order valence-electron chi connectivity index (χ4n) is 3.26. The standard InChI is InChI=1S/C17H26N6O3S/c1-3-5-6-18-14-13-15(20-17(19-14)27-7-4-2)23(22-21-13)11-8-10(16(25)26)9-12(11)24/h10-12,24H,3-9H2,1-2H3,(H,25,26)(H,18,19,20)/t10-,11?,12?/m0/s1. The first-order valence-electron chi connectivity index (χ1n) is 9.45. The zero-order chi connectivity index (χ0) is 19.4. The molecule has 1 aliphatic rings. The number of aliphatic hydroxyl groups is 1. The Labute approximate surface area is 162 Å². The summed E-state index contributed by atoms with van der Waals surface area (Å²) in [4.78, 5) is 20.5. The summed E-state index contributed by atoms with van der Waals surface area (Å²) in [6.45, 7) is 5.00. The summed E-state index contributed by atoms with van der Waals surface area (Å²) in [5.41, 5.74) is 1.09. The van der Waals surface area contributed by atoms with E-state index in [9.17, 15) is 15.0 Å². The van der Waals surface area contributed by atoms with E-state index in [1.165, 1.54) is 0 Å². The number of nitrogens with zero attached hydrogens (tertiary/aromatic N) is 5. The number of fused-ring (bicyclic) bond motifs is 1. The molecule has 27 heavy (non-hydrogen) atoms. The number of carboxylic acid groups (broad SMARTS) is 1. The first-order chi connectivity index (χ1) is 13.0. The lowest BCUT2D eigenvalue weighted by Crippen LogP contribution is -2.20. The summed E-state index contributed by atoms with van der Waals surface area (Å²) < 4.78 is 1.58. The Morgan fingerprint density at radius 1 is 1.30 bits per heavy atom. The number of aliphatic hydroxyl groups excluding tert-OH is 1. The summed E-state index contributed by atoms with van der Waals surface area (Å²) in [5.74, 6) is 0.0636. The van der Waals surface area contributed by atoms with Gasteiger partial charge in [-0.25, -0.2) is 14.6 Å². The molecule has 3 rings (SSSR count). The topological polar surface area (TPSA) is 126 Å². The average Bonchev–Trinajstić information content (AvgIpc) is 3.23. The highest BCUT2D eigenvalue weighted by molar-refractivity contribution is 7.99. The minimum absolute atomic E-state index is 0.214. The summed E-state index contributed by atoms with van der Waals surface area (Å²) in [6, 6.07) is -0.446. The van der Waals surface area contributed by atoms with Gasteiger partial charge in [-0.3, -0.25) is 4.79 Å².